The summed E-state index contributed by atoms with van der Waals surface area (Å²) in [7, 11) is 3.54. The number of carbonyl (C=O) groups excluding carboxylic acids is 1. The van der Waals surface area contributed by atoms with E-state index in [9.17, 15) is 4.79 Å². The average Bonchev–Trinajstić information content (AvgIpc) is 2.84. The second-order valence-electron chi connectivity index (χ2n) is 7.80. The third-order valence-electron chi connectivity index (χ3n) is 5.79. The van der Waals surface area contributed by atoms with Gasteiger partial charge in [-0.3, -0.25) is 4.79 Å². The second-order valence-corrected chi connectivity index (χ2v) is 7.80. The Hall–Kier alpha value is -3.41. The van der Waals surface area contributed by atoms with Gasteiger partial charge in [0.25, 0.3) is 5.91 Å². The van der Waals surface area contributed by atoms with E-state index in [1.165, 1.54) is 25.6 Å². The van der Waals surface area contributed by atoms with Gasteiger partial charge in [-0.15, -0.1) is 0 Å². The molecule has 1 saturated carbocycles. The van der Waals surface area contributed by atoms with Crippen molar-refractivity contribution in [2.75, 3.05) is 14.2 Å². The first-order valence-electron chi connectivity index (χ1n) is 10.7. The van der Waals surface area contributed by atoms with Gasteiger partial charge >= 0.3 is 0 Å². The Morgan fingerprint density at radius 1 is 0.935 bits per heavy atom. The van der Waals surface area contributed by atoms with E-state index in [1.54, 1.807) is 13.2 Å². The first-order chi connectivity index (χ1) is 15.1. The zero-order valence-corrected chi connectivity index (χ0v) is 18.0. The van der Waals surface area contributed by atoms with E-state index in [4.69, 9.17) is 9.47 Å². The van der Waals surface area contributed by atoms with Crippen LogP contribution < -0.4 is 9.47 Å². The SMILES string of the molecule is COc1ccc(Oc2cc(-c3ccc(C(=O)N(C)C4CCCCC4)cc3)ncn2)cc1. The molecule has 160 valence electrons. The smallest absolute Gasteiger partial charge is 0.253 e. The highest BCUT2D eigenvalue weighted by molar-refractivity contribution is 5.94. The molecule has 6 nitrogen and oxygen atoms in total. The maximum atomic E-state index is 12.9. The molecule has 0 bridgehead atoms. The van der Waals surface area contributed by atoms with Crippen LogP contribution in [0.1, 0.15) is 42.5 Å². The number of carbonyl (C=O) groups is 1. The molecule has 1 amide bonds. The van der Waals surface area contributed by atoms with Crippen LogP contribution in [-0.2, 0) is 0 Å². The van der Waals surface area contributed by atoms with Crippen molar-refractivity contribution in [2.45, 2.75) is 38.1 Å². The molecule has 3 aromatic rings. The number of ether oxygens (including phenoxy) is 2. The molecule has 0 spiro atoms. The van der Waals surface area contributed by atoms with Gasteiger partial charge in [-0.1, -0.05) is 31.4 Å². The van der Waals surface area contributed by atoms with Crippen molar-refractivity contribution in [1.82, 2.24) is 14.9 Å². The van der Waals surface area contributed by atoms with Crippen LogP contribution >= 0.6 is 0 Å². The van der Waals surface area contributed by atoms with Crippen LogP contribution in [0.4, 0.5) is 0 Å². The zero-order chi connectivity index (χ0) is 21.6. The zero-order valence-electron chi connectivity index (χ0n) is 18.0. The molecular weight excluding hydrogens is 390 g/mol. The Balaban J connectivity index is 1.46. The fourth-order valence-corrected chi connectivity index (χ4v) is 3.94. The fraction of sp³-hybridized carbons (Fsp3) is 0.320. The van der Waals surface area contributed by atoms with Gasteiger partial charge in [-0.2, -0.15) is 0 Å². The van der Waals surface area contributed by atoms with E-state index >= 15 is 0 Å². The minimum absolute atomic E-state index is 0.0738. The summed E-state index contributed by atoms with van der Waals surface area (Å²) in [5.41, 5.74) is 2.33. The summed E-state index contributed by atoms with van der Waals surface area (Å²) >= 11 is 0. The first-order valence-corrected chi connectivity index (χ1v) is 10.7. The minimum atomic E-state index is 0.0738. The van der Waals surface area contributed by atoms with Crippen LogP contribution in [-0.4, -0.2) is 41.0 Å². The molecular formula is C25H27N3O3. The van der Waals surface area contributed by atoms with Gasteiger partial charge in [-0.25, -0.2) is 9.97 Å². The Kier molecular flexibility index (Phi) is 6.46. The molecule has 1 heterocycles. The monoisotopic (exact) mass is 417 g/mol. The van der Waals surface area contributed by atoms with E-state index in [-0.39, 0.29) is 5.91 Å². The highest BCUT2D eigenvalue weighted by Gasteiger charge is 2.23. The summed E-state index contributed by atoms with van der Waals surface area (Å²) in [5, 5.41) is 0. The number of benzene rings is 2. The molecule has 1 aliphatic carbocycles. The van der Waals surface area contributed by atoms with E-state index < -0.39 is 0 Å². The minimum Gasteiger partial charge on any atom is -0.497 e. The lowest BCUT2D eigenvalue weighted by molar-refractivity contribution is 0.0696. The Morgan fingerprint density at radius 3 is 2.29 bits per heavy atom. The summed E-state index contributed by atoms with van der Waals surface area (Å²) in [6.45, 7) is 0. The predicted octanol–water partition coefficient (Wildman–Crippen LogP) is 5.35. The molecule has 1 fully saturated rings. The summed E-state index contributed by atoms with van der Waals surface area (Å²) in [4.78, 5) is 23.3. The summed E-state index contributed by atoms with van der Waals surface area (Å²) in [6.07, 6.45) is 7.35. The number of hydrogen-bond donors (Lipinski definition) is 0. The number of methoxy groups -OCH3 is 1. The number of hydrogen-bond acceptors (Lipinski definition) is 5. The molecule has 0 atom stereocenters. The lowest BCUT2D eigenvalue weighted by Gasteiger charge is -2.31. The molecule has 4 rings (SSSR count). The lowest BCUT2D eigenvalue weighted by Crippen LogP contribution is -2.38. The number of rotatable bonds is 6. The lowest BCUT2D eigenvalue weighted by atomic mass is 9.94. The van der Waals surface area contributed by atoms with Gasteiger partial charge in [0.05, 0.1) is 12.8 Å². The molecule has 0 N–H and O–H groups in total. The van der Waals surface area contributed by atoms with Gasteiger partial charge in [0.2, 0.25) is 5.88 Å². The van der Waals surface area contributed by atoms with E-state index in [0.29, 0.717) is 23.2 Å². The van der Waals surface area contributed by atoms with Crippen LogP contribution in [0.25, 0.3) is 11.3 Å². The first kappa shape index (κ1) is 20.8. The van der Waals surface area contributed by atoms with E-state index in [1.807, 2.05) is 60.5 Å². The summed E-state index contributed by atoms with van der Waals surface area (Å²) < 4.78 is 11.0. The van der Waals surface area contributed by atoms with Crippen LogP contribution in [0.15, 0.2) is 60.9 Å². The highest BCUT2D eigenvalue weighted by Crippen LogP contribution is 2.27. The number of amides is 1. The van der Waals surface area contributed by atoms with Gasteiger partial charge in [-0.05, 0) is 49.2 Å². The molecule has 6 heteroatoms. The standard InChI is InChI=1S/C25H27N3O3/c1-28(20-6-4-3-5-7-20)25(29)19-10-8-18(9-11-19)23-16-24(27-17-26-23)31-22-14-12-21(30-2)13-15-22/h8-17,20H,3-7H2,1-2H3. The molecule has 0 aliphatic heterocycles. The maximum absolute atomic E-state index is 12.9. The topological polar surface area (TPSA) is 64.6 Å². The highest BCUT2D eigenvalue weighted by atomic mass is 16.5. The third-order valence-corrected chi connectivity index (χ3v) is 5.79. The maximum Gasteiger partial charge on any atom is 0.253 e. The Labute approximate surface area is 182 Å². The van der Waals surface area contributed by atoms with Crippen LogP contribution in [0.5, 0.6) is 17.4 Å². The second kappa shape index (κ2) is 9.60. The number of aromatic nitrogens is 2. The van der Waals surface area contributed by atoms with Crippen molar-refractivity contribution in [2.24, 2.45) is 0 Å². The molecule has 0 saturated heterocycles. The molecule has 31 heavy (non-hydrogen) atoms. The van der Waals surface area contributed by atoms with Crippen molar-refractivity contribution in [3.8, 4) is 28.6 Å². The Bertz CT molecular complexity index is 1010. The van der Waals surface area contributed by atoms with Crippen LogP contribution in [0, 0.1) is 0 Å². The van der Waals surface area contributed by atoms with Crippen molar-refractivity contribution < 1.29 is 14.3 Å². The van der Waals surface area contributed by atoms with Crippen molar-refractivity contribution in [1.29, 1.82) is 0 Å². The molecule has 1 aromatic heterocycles. The van der Waals surface area contributed by atoms with Gasteiger partial charge in [0, 0.05) is 30.3 Å². The predicted molar refractivity (Wildman–Crippen MR) is 120 cm³/mol. The summed E-state index contributed by atoms with van der Waals surface area (Å²) in [6, 6.07) is 17.0. The van der Waals surface area contributed by atoms with Crippen LogP contribution in [0.3, 0.4) is 0 Å². The van der Waals surface area contributed by atoms with Crippen molar-refractivity contribution in [3.05, 3.63) is 66.5 Å². The van der Waals surface area contributed by atoms with Crippen LogP contribution in [0.2, 0.25) is 0 Å². The normalized spacial score (nSPS) is 14.1. The van der Waals surface area contributed by atoms with E-state index in [2.05, 4.69) is 9.97 Å². The average molecular weight is 418 g/mol. The van der Waals surface area contributed by atoms with E-state index in [0.717, 1.165) is 29.8 Å². The van der Waals surface area contributed by atoms with Gasteiger partial charge in [0.15, 0.2) is 0 Å². The quantitative estimate of drug-likeness (QED) is 0.541. The largest absolute Gasteiger partial charge is 0.497 e. The van der Waals surface area contributed by atoms with Gasteiger partial charge in [0.1, 0.15) is 17.8 Å². The van der Waals surface area contributed by atoms with Gasteiger partial charge < -0.3 is 14.4 Å². The Morgan fingerprint density at radius 2 is 1.61 bits per heavy atom. The molecule has 2 aromatic carbocycles. The third kappa shape index (κ3) is 5.02. The summed E-state index contributed by atoms with van der Waals surface area (Å²) in [5.74, 6) is 1.95. The van der Waals surface area contributed by atoms with Crippen molar-refractivity contribution in [3.63, 3.8) is 0 Å². The molecule has 0 unspecified atom stereocenters. The number of nitrogens with zero attached hydrogens (tertiary/aromatic N) is 3. The molecule has 1 aliphatic rings. The molecule has 0 radical (unpaired) electrons. The fourth-order valence-electron chi connectivity index (χ4n) is 3.94. The van der Waals surface area contributed by atoms with Crippen molar-refractivity contribution >= 4 is 5.91 Å².